The molecule has 0 aliphatic carbocycles. The minimum absolute atomic E-state index is 0.127. The predicted octanol–water partition coefficient (Wildman–Crippen LogP) is 1.69. The zero-order chi connectivity index (χ0) is 14.8. The Hall–Kier alpha value is -1.92. The Morgan fingerprint density at radius 1 is 1.43 bits per heavy atom. The molecule has 0 amide bonds. The van der Waals surface area contributed by atoms with Crippen LogP contribution in [-0.4, -0.2) is 40.0 Å². The number of methoxy groups -OCH3 is 1. The molecular weight excluding hydrogens is 270 g/mol. The van der Waals surface area contributed by atoms with Gasteiger partial charge in [-0.3, -0.25) is 4.90 Å². The molecule has 3 rings (SSSR count). The van der Waals surface area contributed by atoms with Gasteiger partial charge in [-0.15, -0.1) is 10.2 Å². The lowest BCUT2D eigenvalue weighted by molar-refractivity contribution is 0.167. The Morgan fingerprint density at radius 3 is 3.00 bits per heavy atom. The van der Waals surface area contributed by atoms with E-state index in [9.17, 15) is 5.11 Å². The van der Waals surface area contributed by atoms with E-state index in [4.69, 9.17) is 9.15 Å². The van der Waals surface area contributed by atoms with Gasteiger partial charge in [-0.05, 0) is 24.1 Å². The molecule has 1 aliphatic rings. The third kappa shape index (κ3) is 3.06. The monoisotopic (exact) mass is 289 g/mol. The Balaban J connectivity index is 1.81. The molecule has 2 heterocycles. The number of aliphatic hydroxyl groups excluding tert-OH is 1. The largest absolute Gasteiger partial charge is 0.497 e. The minimum Gasteiger partial charge on any atom is -0.497 e. The molecule has 2 aromatic rings. The molecule has 1 aromatic carbocycles. The molecular formula is C15H19N3O3. The molecule has 6 nitrogen and oxygen atoms in total. The summed E-state index contributed by atoms with van der Waals surface area (Å²) in [7, 11) is 1.65. The zero-order valence-electron chi connectivity index (χ0n) is 12.2. The smallest absolute Gasteiger partial charge is 0.230 e. The number of benzene rings is 1. The number of aliphatic hydroxyl groups is 1. The van der Waals surface area contributed by atoms with Crippen molar-refractivity contribution < 1.29 is 14.3 Å². The van der Waals surface area contributed by atoms with Crippen molar-refractivity contribution in [3.63, 3.8) is 0 Å². The molecule has 0 bridgehead atoms. The number of likely N-dealkylation sites (tertiary alicyclic amines) is 1. The quantitative estimate of drug-likeness (QED) is 0.923. The Labute approximate surface area is 123 Å². The molecule has 1 saturated heterocycles. The van der Waals surface area contributed by atoms with Gasteiger partial charge in [0.05, 0.1) is 19.8 Å². The molecule has 1 aliphatic heterocycles. The number of aryl methyl sites for hydroxylation is 1. The lowest BCUT2D eigenvalue weighted by Crippen LogP contribution is -2.24. The number of nitrogens with zero attached hydrogens (tertiary/aromatic N) is 3. The van der Waals surface area contributed by atoms with E-state index in [0.717, 1.165) is 11.3 Å². The van der Waals surface area contributed by atoms with Crippen LogP contribution < -0.4 is 4.74 Å². The van der Waals surface area contributed by atoms with Crippen molar-refractivity contribution in [2.24, 2.45) is 0 Å². The number of ether oxygens (including phenoxy) is 1. The highest BCUT2D eigenvalue weighted by atomic mass is 16.5. The van der Waals surface area contributed by atoms with Crippen LogP contribution in [-0.2, 0) is 6.54 Å². The summed E-state index contributed by atoms with van der Waals surface area (Å²) in [5.41, 5.74) is 1.13. The van der Waals surface area contributed by atoms with Crippen LogP contribution >= 0.6 is 0 Å². The molecule has 1 N–H and O–H groups in total. The fraction of sp³-hybridized carbons (Fsp3) is 0.467. The van der Waals surface area contributed by atoms with Crippen molar-refractivity contribution >= 4 is 0 Å². The van der Waals surface area contributed by atoms with Crippen molar-refractivity contribution in [1.82, 2.24) is 15.1 Å². The van der Waals surface area contributed by atoms with Crippen LogP contribution in [0.5, 0.6) is 5.75 Å². The molecule has 2 unspecified atom stereocenters. The second-order valence-electron chi connectivity index (χ2n) is 5.33. The molecule has 0 radical (unpaired) electrons. The molecule has 0 saturated carbocycles. The minimum atomic E-state index is -0.342. The van der Waals surface area contributed by atoms with Crippen LogP contribution in [0.3, 0.4) is 0 Å². The number of β-amino-alcohol motifs (C(OH)–C–C–N with tert-alkyl or cyclic N) is 1. The van der Waals surface area contributed by atoms with Gasteiger partial charge >= 0.3 is 0 Å². The molecule has 2 atom stereocenters. The van der Waals surface area contributed by atoms with Gasteiger partial charge in [0.15, 0.2) is 0 Å². The molecule has 0 spiro atoms. The lowest BCUT2D eigenvalue weighted by Gasteiger charge is -2.23. The molecule has 21 heavy (non-hydrogen) atoms. The summed E-state index contributed by atoms with van der Waals surface area (Å²) in [4.78, 5) is 2.16. The second-order valence-corrected chi connectivity index (χ2v) is 5.33. The van der Waals surface area contributed by atoms with Crippen LogP contribution in [0.2, 0.25) is 0 Å². The van der Waals surface area contributed by atoms with Crippen molar-refractivity contribution in [1.29, 1.82) is 0 Å². The first-order valence-corrected chi connectivity index (χ1v) is 7.01. The number of hydrogen-bond donors (Lipinski definition) is 1. The zero-order valence-corrected chi connectivity index (χ0v) is 12.2. The SMILES string of the molecule is COc1cccc(C2CC(O)CN2Cc2nnc(C)o2)c1. The highest BCUT2D eigenvalue weighted by Gasteiger charge is 2.33. The third-order valence-corrected chi connectivity index (χ3v) is 3.77. The number of hydrogen-bond acceptors (Lipinski definition) is 6. The highest BCUT2D eigenvalue weighted by Crippen LogP contribution is 2.34. The first-order chi connectivity index (χ1) is 10.2. The second kappa shape index (κ2) is 5.83. The summed E-state index contributed by atoms with van der Waals surface area (Å²) < 4.78 is 10.7. The topological polar surface area (TPSA) is 71.6 Å². The van der Waals surface area contributed by atoms with E-state index >= 15 is 0 Å². The van der Waals surface area contributed by atoms with Crippen molar-refractivity contribution in [3.8, 4) is 5.75 Å². The Morgan fingerprint density at radius 2 is 2.29 bits per heavy atom. The number of aromatic nitrogens is 2. The maximum atomic E-state index is 10.0. The van der Waals surface area contributed by atoms with Gasteiger partial charge in [0.2, 0.25) is 11.8 Å². The standard InChI is InChI=1S/C15H19N3O3/c1-10-16-17-15(21-10)9-18-8-12(19)7-14(18)11-4-3-5-13(6-11)20-2/h3-6,12,14,19H,7-9H2,1-2H3. The summed E-state index contributed by atoms with van der Waals surface area (Å²) >= 11 is 0. The van der Waals surface area contributed by atoms with Crippen molar-refractivity contribution in [3.05, 3.63) is 41.6 Å². The van der Waals surface area contributed by atoms with Gasteiger partial charge in [-0.25, -0.2) is 0 Å². The van der Waals surface area contributed by atoms with E-state index in [1.807, 2.05) is 18.2 Å². The predicted molar refractivity (Wildman–Crippen MR) is 75.8 cm³/mol. The molecule has 112 valence electrons. The van der Waals surface area contributed by atoms with Gasteiger partial charge in [0.1, 0.15) is 5.75 Å². The fourth-order valence-electron chi connectivity index (χ4n) is 2.82. The van der Waals surface area contributed by atoms with E-state index in [1.165, 1.54) is 0 Å². The van der Waals surface area contributed by atoms with Crippen LogP contribution in [0.25, 0.3) is 0 Å². The molecule has 6 heteroatoms. The lowest BCUT2D eigenvalue weighted by atomic mass is 10.0. The maximum absolute atomic E-state index is 10.0. The summed E-state index contributed by atoms with van der Waals surface area (Å²) in [6, 6.07) is 8.07. The Bertz CT molecular complexity index is 614. The van der Waals surface area contributed by atoms with Crippen LogP contribution in [0.1, 0.15) is 29.8 Å². The highest BCUT2D eigenvalue weighted by molar-refractivity contribution is 5.31. The van der Waals surface area contributed by atoms with Crippen LogP contribution in [0.4, 0.5) is 0 Å². The van der Waals surface area contributed by atoms with E-state index < -0.39 is 0 Å². The summed E-state index contributed by atoms with van der Waals surface area (Å²) in [5.74, 6) is 1.96. The van der Waals surface area contributed by atoms with E-state index in [0.29, 0.717) is 31.3 Å². The van der Waals surface area contributed by atoms with Gasteiger partial charge in [0, 0.05) is 19.5 Å². The van der Waals surface area contributed by atoms with E-state index in [-0.39, 0.29) is 12.1 Å². The van der Waals surface area contributed by atoms with Crippen LogP contribution in [0.15, 0.2) is 28.7 Å². The normalized spacial score (nSPS) is 22.6. The first-order valence-electron chi connectivity index (χ1n) is 7.01. The van der Waals surface area contributed by atoms with Crippen LogP contribution in [0, 0.1) is 6.92 Å². The summed E-state index contributed by atoms with van der Waals surface area (Å²) in [6.07, 6.45) is 0.352. The van der Waals surface area contributed by atoms with Gasteiger partial charge in [0.25, 0.3) is 0 Å². The van der Waals surface area contributed by atoms with Crippen molar-refractivity contribution in [2.45, 2.75) is 32.0 Å². The fourth-order valence-corrected chi connectivity index (χ4v) is 2.82. The van der Waals surface area contributed by atoms with Gasteiger partial charge < -0.3 is 14.3 Å². The van der Waals surface area contributed by atoms with Gasteiger partial charge in [-0.2, -0.15) is 0 Å². The summed E-state index contributed by atoms with van der Waals surface area (Å²) in [5, 5.41) is 17.9. The average Bonchev–Trinajstić information content (AvgIpc) is 3.05. The third-order valence-electron chi connectivity index (χ3n) is 3.77. The van der Waals surface area contributed by atoms with Gasteiger partial charge in [-0.1, -0.05) is 12.1 Å². The maximum Gasteiger partial charge on any atom is 0.230 e. The van der Waals surface area contributed by atoms with E-state index in [1.54, 1.807) is 14.0 Å². The average molecular weight is 289 g/mol. The molecule has 1 fully saturated rings. The van der Waals surface area contributed by atoms with Crippen molar-refractivity contribution in [2.75, 3.05) is 13.7 Å². The first kappa shape index (κ1) is 14.0. The Kier molecular flexibility index (Phi) is 3.90. The summed E-state index contributed by atoms with van der Waals surface area (Å²) in [6.45, 7) is 2.91. The number of rotatable bonds is 4. The van der Waals surface area contributed by atoms with E-state index in [2.05, 4.69) is 21.2 Å². The molecule has 1 aromatic heterocycles.